The lowest BCUT2D eigenvalue weighted by Crippen LogP contribution is -2.42. The predicted octanol–water partition coefficient (Wildman–Crippen LogP) is 4.43. The molecule has 0 heterocycles. The average Bonchev–Trinajstić information content (AvgIpc) is 2.46. The molecule has 0 bridgehead atoms. The van der Waals surface area contributed by atoms with Gasteiger partial charge in [-0.3, -0.25) is 4.79 Å². The van der Waals surface area contributed by atoms with Gasteiger partial charge in [0, 0.05) is 6.54 Å². The Labute approximate surface area is 125 Å². The molecule has 0 saturated carbocycles. The van der Waals surface area contributed by atoms with Crippen LogP contribution in [0.3, 0.4) is 0 Å². The molecule has 0 aliphatic heterocycles. The van der Waals surface area contributed by atoms with Crippen LogP contribution in [0.2, 0.25) is 0 Å². The van der Waals surface area contributed by atoms with E-state index in [1.54, 1.807) is 0 Å². The van der Waals surface area contributed by atoms with Gasteiger partial charge in [-0.15, -0.1) is 0 Å². The number of amides is 1. The molecule has 1 unspecified atom stereocenters. The lowest BCUT2D eigenvalue weighted by Gasteiger charge is -2.26. The van der Waals surface area contributed by atoms with E-state index in [4.69, 9.17) is 0 Å². The molecule has 0 saturated heterocycles. The van der Waals surface area contributed by atoms with Gasteiger partial charge in [0.25, 0.3) is 0 Å². The van der Waals surface area contributed by atoms with Gasteiger partial charge in [-0.25, -0.2) is 0 Å². The summed E-state index contributed by atoms with van der Waals surface area (Å²) in [4.78, 5) is 12.4. The van der Waals surface area contributed by atoms with Crippen molar-refractivity contribution in [1.29, 1.82) is 5.26 Å². The van der Waals surface area contributed by atoms with Crippen LogP contribution < -0.4 is 5.32 Å². The second-order valence-electron chi connectivity index (χ2n) is 5.82. The van der Waals surface area contributed by atoms with Crippen LogP contribution in [0.15, 0.2) is 0 Å². The Kier molecular flexibility index (Phi) is 10.2. The zero-order chi connectivity index (χ0) is 15.4. The molecular formula is C17H32N2O. The van der Waals surface area contributed by atoms with Crippen LogP contribution in [0.1, 0.15) is 79.1 Å². The third kappa shape index (κ3) is 5.94. The smallest absolute Gasteiger partial charge is 0.240 e. The number of nitrogens with zero attached hydrogens (tertiary/aromatic N) is 1. The van der Waals surface area contributed by atoms with E-state index in [1.807, 2.05) is 13.8 Å². The summed E-state index contributed by atoms with van der Waals surface area (Å²) in [6.45, 7) is 9.14. The summed E-state index contributed by atoms with van der Waals surface area (Å²) >= 11 is 0. The minimum atomic E-state index is -0.813. The maximum Gasteiger partial charge on any atom is 0.240 e. The van der Waals surface area contributed by atoms with Crippen molar-refractivity contribution in [1.82, 2.24) is 5.32 Å². The highest BCUT2D eigenvalue weighted by atomic mass is 16.2. The third-order valence-electron chi connectivity index (χ3n) is 4.10. The molecule has 1 N–H and O–H groups in total. The fraction of sp³-hybridized carbons (Fsp3) is 0.882. The van der Waals surface area contributed by atoms with Crippen LogP contribution in [0.5, 0.6) is 0 Å². The number of rotatable bonds is 11. The minimum absolute atomic E-state index is 0.0568. The van der Waals surface area contributed by atoms with Crippen LogP contribution in [-0.2, 0) is 4.79 Å². The molecule has 1 atom stereocenters. The highest BCUT2D eigenvalue weighted by molar-refractivity contribution is 5.85. The summed E-state index contributed by atoms with van der Waals surface area (Å²) in [5.41, 5.74) is -0.813. The van der Waals surface area contributed by atoms with E-state index in [2.05, 4.69) is 25.2 Å². The molecule has 0 aromatic heterocycles. The number of carbonyl (C=O) groups excluding carboxylic acids is 1. The predicted molar refractivity (Wildman–Crippen MR) is 84.2 cm³/mol. The summed E-state index contributed by atoms with van der Waals surface area (Å²) in [6.07, 6.45) is 7.71. The van der Waals surface area contributed by atoms with Gasteiger partial charge in [-0.05, 0) is 25.2 Å². The largest absolute Gasteiger partial charge is 0.354 e. The van der Waals surface area contributed by atoms with Crippen molar-refractivity contribution in [2.45, 2.75) is 79.1 Å². The van der Waals surface area contributed by atoms with Gasteiger partial charge in [-0.1, -0.05) is 59.8 Å². The summed E-state index contributed by atoms with van der Waals surface area (Å²) in [7, 11) is 0. The van der Waals surface area contributed by atoms with Crippen molar-refractivity contribution in [3.63, 3.8) is 0 Å². The number of unbranched alkanes of at least 4 members (excludes halogenated alkanes) is 1. The fourth-order valence-electron chi connectivity index (χ4n) is 2.72. The molecular weight excluding hydrogens is 248 g/mol. The Balaban J connectivity index is 4.56. The number of hydrogen-bond acceptors (Lipinski definition) is 2. The van der Waals surface area contributed by atoms with Gasteiger partial charge in [0.1, 0.15) is 5.41 Å². The first-order valence-electron chi connectivity index (χ1n) is 8.29. The second kappa shape index (κ2) is 10.7. The number of nitrogens with one attached hydrogen (secondary N) is 1. The quantitative estimate of drug-likeness (QED) is 0.608. The molecule has 116 valence electrons. The number of carbonyl (C=O) groups is 1. The first-order valence-corrected chi connectivity index (χ1v) is 8.29. The summed E-state index contributed by atoms with van der Waals surface area (Å²) in [5.74, 6) is 0.484. The van der Waals surface area contributed by atoms with Crippen molar-refractivity contribution >= 4 is 5.91 Å². The van der Waals surface area contributed by atoms with E-state index in [9.17, 15) is 10.1 Å². The van der Waals surface area contributed by atoms with Crippen LogP contribution >= 0.6 is 0 Å². The molecule has 0 aromatic rings. The van der Waals surface area contributed by atoms with E-state index in [0.29, 0.717) is 25.3 Å². The number of nitriles is 1. The zero-order valence-electron chi connectivity index (χ0n) is 13.8. The van der Waals surface area contributed by atoms with Gasteiger partial charge in [0.2, 0.25) is 5.91 Å². The third-order valence-corrected chi connectivity index (χ3v) is 4.10. The molecule has 0 aliphatic carbocycles. The minimum Gasteiger partial charge on any atom is -0.354 e. The normalized spacial score (nSPS) is 12.8. The molecule has 0 radical (unpaired) electrons. The molecule has 1 amide bonds. The highest BCUT2D eigenvalue weighted by Crippen LogP contribution is 2.29. The SMILES string of the molecule is CCCCC(CC)CNC(=O)C(C#N)(CCC)CCC. The zero-order valence-corrected chi connectivity index (χ0v) is 13.8. The summed E-state index contributed by atoms with van der Waals surface area (Å²) < 4.78 is 0. The standard InChI is InChI=1S/C17H32N2O/c1-5-9-10-15(8-4)13-19-16(20)17(14-18,11-6-2)12-7-3/h15H,5-13H2,1-4H3,(H,19,20). The Morgan fingerprint density at radius 3 is 2.15 bits per heavy atom. The Morgan fingerprint density at radius 1 is 1.15 bits per heavy atom. The van der Waals surface area contributed by atoms with Crippen LogP contribution in [0.25, 0.3) is 0 Å². The maximum absolute atomic E-state index is 12.4. The van der Waals surface area contributed by atoms with E-state index in [1.165, 1.54) is 12.8 Å². The first kappa shape index (κ1) is 19.0. The number of hydrogen-bond donors (Lipinski definition) is 1. The van der Waals surface area contributed by atoms with Crippen LogP contribution in [0.4, 0.5) is 0 Å². The van der Waals surface area contributed by atoms with Crippen molar-refractivity contribution < 1.29 is 4.79 Å². The van der Waals surface area contributed by atoms with Crippen molar-refractivity contribution in [2.24, 2.45) is 11.3 Å². The summed E-state index contributed by atoms with van der Waals surface area (Å²) in [6, 6.07) is 2.29. The molecule has 20 heavy (non-hydrogen) atoms. The van der Waals surface area contributed by atoms with Crippen molar-refractivity contribution in [3.05, 3.63) is 0 Å². The van der Waals surface area contributed by atoms with E-state index in [0.717, 1.165) is 25.7 Å². The molecule has 3 heteroatoms. The van der Waals surface area contributed by atoms with Crippen LogP contribution in [-0.4, -0.2) is 12.5 Å². The van der Waals surface area contributed by atoms with Crippen LogP contribution in [0, 0.1) is 22.7 Å². The fourth-order valence-corrected chi connectivity index (χ4v) is 2.72. The van der Waals surface area contributed by atoms with Gasteiger partial charge in [-0.2, -0.15) is 5.26 Å². The molecule has 0 rings (SSSR count). The molecule has 0 aliphatic rings. The monoisotopic (exact) mass is 280 g/mol. The lowest BCUT2D eigenvalue weighted by atomic mass is 9.79. The van der Waals surface area contributed by atoms with Gasteiger partial charge in [0.05, 0.1) is 6.07 Å². The Hall–Kier alpha value is -1.04. The van der Waals surface area contributed by atoms with Crippen molar-refractivity contribution in [2.75, 3.05) is 6.54 Å². The Morgan fingerprint density at radius 2 is 1.75 bits per heavy atom. The maximum atomic E-state index is 12.4. The molecule has 0 fully saturated rings. The van der Waals surface area contributed by atoms with E-state index in [-0.39, 0.29) is 5.91 Å². The lowest BCUT2D eigenvalue weighted by molar-refractivity contribution is -0.129. The second-order valence-corrected chi connectivity index (χ2v) is 5.82. The molecule has 0 spiro atoms. The molecule has 0 aromatic carbocycles. The van der Waals surface area contributed by atoms with E-state index >= 15 is 0 Å². The first-order chi connectivity index (χ1) is 9.60. The topological polar surface area (TPSA) is 52.9 Å². The molecule has 3 nitrogen and oxygen atoms in total. The van der Waals surface area contributed by atoms with E-state index < -0.39 is 5.41 Å². The van der Waals surface area contributed by atoms with Gasteiger partial charge in [0.15, 0.2) is 0 Å². The van der Waals surface area contributed by atoms with Gasteiger partial charge < -0.3 is 5.32 Å². The van der Waals surface area contributed by atoms with Crippen molar-refractivity contribution in [3.8, 4) is 6.07 Å². The average molecular weight is 280 g/mol. The summed E-state index contributed by atoms with van der Waals surface area (Å²) in [5, 5.41) is 12.5. The Bertz CT molecular complexity index is 301. The van der Waals surface area contributed by atoms with Gasteiger partial charge >= 0.3 is 0 Å². The highest BCUT2D eigenvalue weighted by Gasteiger charge is 2.36.